The fourth-order valence-corrected chi connectivity index (χ4v) is 3.29. The fourth-order valence-electron chi connectivity index (χ4n) is 2.38. The van der Waals surface area contributed by atoms with Gasteiger partial charge in [-0.1, -0.05) is 13.8 Å². The predicted molar refractivity (Wildman–Crippen MR) is 104 cm³/mol. The average Bonchev–Trinajstić information content (AvgIpc) is 3.31. The van der Waals surface area contributed by atoms with Crippen LogP contribution >= 0.6 is 11.3 Å². The van der Waals surface area contributed by atoms with Gasteiger partial charge in [0.15, 0.2) is 0 Å². The largest absolute Gasteiger partial charge is 0.497 e. The Labute approximate surface area is 155 Å². The highest BCUT2D eigenvalue weighted by molar-refractivity contribution is 7.10. The molecule has 134 valence electrons. The lowest BCUT2D eigenvalue weighted by Crippen LogP contribution is -2.16. The molecule has 1 aromatic carbocycles. The Morgan fingerprint density at radius 2 is 2.12 bits per heavy atom. The van der Waals surface area contributed by atoms with E-state index < -0.39 is 0 Å². The van der Waals surface area contributed by atoms with Gasteiger partial charge in [0.2, 0.25) is 0 Å². The summed E-state index contributed by atoms with van der Waals surface area (Å²) in [4.78, 5) is 13.4. The number of ether oxygens (including phenoxy) is 1. The minimum Gasteiger partial charge on any atom is -0.497 e. The number of aromatic nitrogens is 2. The summed E-state index contributed by atoms with van der Waals surface area (Å²) in [7, 11) is 1.63. The number of aromatic amines is 1. The van der Waals surface area contributed by atoms with Gasteiger partial charge < -0.3 is 4.74 Å². The molecule has 7 heteroatoms. The number of nitrogens with one attached hydrogen (secondary N) is 2. The van der Waals surface area contributed by atoms with Crippen LogP contribution in [-0.2, 0) is 0 Å². The van der Waals surface area contributed by atoms with Crippen molar-refractivity contribution in [3.8, 4) is 17.0 Å². The number of hydrazone groups is 1. The van der Waals surface area contributed by atoms with E-state index in [-0.39, 0.29) is 5.91 Å². The molecule has 0 unspecified atom stereocenters. The number of rotatable bonds is 6. The van der Waals surface area contributed by atoms with Gasteiger partial charge in [-0.15, -0.1) is 11.3 Å². The van der Waals surface area contributed by atoms with Crippen LogP contribution in [0.4, 0.5) is 0 Å². The Morgan fingerprint density at radius 3 is 2.77 bits per heavy atom. The molecule has 6 nitrogen and oxygen atoms in total. The van der Waals surface area contributed by atoms with E-state index in [9.17, 15) is 4.79 Å². The lowest BCUT2D eigenvalue weighted by atomic mass is 10.1. The van der Waals surface area contributed by atoms with Crippen LogP contribution in [-0.4, -0.2) is 29.4 Å². The maximum Gasteiger partial charge on any atom is 0.272 e. The van der Waals surface area contributed by atoms with Crippen LogP contribution in [0.1, 0.15) is 40.6 Å². The van der Waals surface area contributed by atoms with Crippen LogP contribution in [0, 0.1) is 0 Å². The standard InChI is InChI=1S/C19H20N4O2S/c1-12(2)17-8-14(11-26-17)19(24)23-21-10-15-9-20-22-18(15)13-4-6-16(25-3)7-5-13/h4-12H,1-3H3,(H,20,22)(H,23,24). The SMILES string of the molecule is COc1ccc(-c2[nH]ncc2C=NNC(=O)c2csc(C(C)C)c2)cc1. The Kier molecular flexibility index (Phi) is 5.48. The van der Waals surface area contributed by atoms with E-state index in [4.69, 9.17) is 4.74 Å². The van der Waals surface area contributed by atoms with Crippen LogP contribution in [0.2, 0.25) is 0 Å². The summed E-state index contributed by atoms with van der Waals surface area (Å²) in [5.41, 5.74) is 5.74. The van der Waals surface area contributed by atoms with Crippen LogP contribution < -0.4 is 10.2 Å². The Bertz CT molecular complexity index is 910. The molecule has 0 spiro atoms. The van der Waals surface area contributed by atoms with Gasteiger partial charge in [0, 0.05) is 21.4 Å². The quantitative estimate of drug-likeness (QED) is 0.509. The number of hydrogen-bond acceptors (Lipinski definition) is 5. The van der Waals surface area contributed by atoms with Crippen molar-refractivity contribution in [3.63, 3.8) is 0 Å². The van der Waals surface area contributed by atoms with Gasteiger partial charge in [-0.2, -0.15) is 10.2 Å². The van der Waals surface area contributed by atoms with E-state index in [0.29, 0.717) is 11.5 Å². The van der Waals surface area contributed by atoms with E-state index in [1.165, 1.54) is 4.88 Å². The molecule has 3 aromatic rings. The molecular weight excluding hydrogens is 348 g/mol. The maximum absolute atomic E-state index is 12.2. The van der Waals surface area contributed by atoms with Gasteiger partial charge in [-0.3, -0.25) is 9.89 Å². The number of H-pyrrole nitrogens is 1. The molecule has 0 aliphatic rings. The van der Waals surface area contributed by atoms with Crippen molar-refractivity contribution in [2.45, 2.75) is 19.8 Å². The van der Waals surface area contributed by atoms with Crippen LogP contribution in [0.3, 0.4) is 0 Å². The number of hydrogen-bond donors (Lipinski definition) is 2. The third-order valence-electron chi connectivity index (χ3n) is 3.87. The third-order valence-corrected chi connectivity index (χ3v) is 5.10. The molecule has 2 N–H and O–H groups in total. The molecule has 0 saturated heterocycles. The van der Waals surface area contributed by atoms with Gasteiger partial charge in [-0.25, -0.2) is 5.43 Å². The van der Waals surface area contributed by atoms with Gasteiger partial charge in [0.1, 0.15) is 5.75 Å². The van der Waals surface area contributed by atoms with Crippen molar-refractivity contribution in [1.82, 2.24) is 15.6 Å². The topological polar surface area (TPSA) is 79.4 Å². The maximum atomic E-state index is 12.2. The molecular formula is C19H20N4O2S. The lowest BCUT2D eigenvalue weighted by molar-refractivity contribution is 0.0955. The first kappa shape index (κ1) is 17.9. The minimum absolute atomic E-state index is 0.223. The van der Waals surface area contributed by atoms with Crippen LogP contribution in [0.5, 0.6) is 5.75 Å². The zero-order valence-electron chi connectivity index (χ0n) is 14.8. The summed E-state index contributed by atoms with van der Waals surface area (Å²) in [5.74, 6) is 0.967. The monoisotopic (exact) mass is 368 g/mol. The molecule has 0 fully saturated rings. The highest BCUT2D eigenvalue weighted by atomic mass is 32.1. The molecule has 0 aliphatic heterocycles. The first-order valence-electron chi connectivity index (χ1n) is 8.18. The summed E-state index contributed by atoms with van der Waals surface area (Å²) < 4.78 is 5.17. The zero-order chi connectivity index (χ0) is 18.5. The smallest absolute Gasteiger partial charge is 0.272 e. The van der Waals surface area contributed by atoms with Crippen molar-refractivity contribution in [1.29, 1.82) is 0 Å². The van der Waals surface area contributed by atoms with Gasteiger partial charge >= 0.3 is 0 Å². The summed E-state index contributed by atoms with van der Waals surface area (Å²) in [6, 6.07) is 9.52. The first-order chi connectivity index (χ1) is 12.6. The van der Waals surface area contributed by atoms with Gasteiger partial charge in [-0.05, 0) is 36.2 Å². The molecule has 0 aliphatic carbocycles. The Balaban J connectivity index is 1.69. The van der Waals surface area contributed by atoms with Crippen LogP contribution in [0.25, 0.3) is 11.3 Å². The van der Waals surface area contributed by atoms with E-state index >= 15 is 0 Å². The Morgan fingerprint density at radius 1 is 1.35 bits per heavy atom. The molecule has 0 radical (unpaired) electrons. The van der Waals surface area contributed by atoms with Gasteiger partial charge in [0.25, 0.3) is 5.91 Å². The molecule has 0 bridgehead atoms. The zero-order valence-corrected chi connectivity index (χ0v) is 15.6. The molecule has 1 amide bonds. The average molecular weight is 368 g/mol. The number of amides is 1. The highest BCUT2D eigenvalue weighted by Crippen LogP contribution is 2.24. The second kappa shape index (κ2) is 7.97. The number of carbonyl (C=O) groups excluding carboxylic acids is 1. The predicted octanol–water partition coefficient (Wildman–Crippen LogP) is 4.03. The van der Waals surface area contributed by atoms with Crippen molar-refractivity contribution < 1.29 is 9.53 Å². The fraction of sp³-hybridized carbons (Fsp3) is 0.211. The van der Waals surface area contributed by atoms with Crippen molar-refractivity contribution in [2.24, 2.45) is 5.10 Å². The number of methoxy groups -OCH3 is 1. The number of benzene rings is 1. The van der Waals surface area contributed by atoms with Crippen LogP contribution in [0.15, 0.2) is 47.0 Å². The first-order valence-corrected chi connectivity index (χ1v) is 9.06. The summed E-state index contributed by atoms with van der Waals surface area (Å²) in [6.07, 6.45) is 3.24. The summed E-state index contributed by atoms with van der Waals surface area (Å²) >= 11 is 1.58. The molecule has 2 heterocycles. The van der Waals surface area contributed by atoms with E-state index in [0.717, 1.165) is 22.6 Å². The third kappa shape index (κ3) is 4.00. The number of nitrogens with zero attached hydrogens (tertiary/aromatic N) is 2. The normalized spacial score (nSPS) is 11.2. The van der Waals surface area contributed by atoms with E-state index in [1.807, 2.05) is 35.7 Å². The van der Waals surface area contributed by atoms with Crippen molar-refractivity contribution >= 4 is 23.5 Å². The molecule has 0 saturated carbocycles. The van der Waals surface area contributed by atoms with Gasteiger partial charge in [0.05, 0.1) is 30.8 Å². The summed E-state index contributed by atoms with van der Waals surface area (Å²) in [5, 5.41) is 12.9. The lowest BCUT2D eigenvalue weighted by Gasteiger charge is -2.02. The number of carbonyl (C=O) groups is 1. The number of thiophene rings is 1. The van der Waals surface area contributed by atoms with Crippen molar-refractivity contribution in [3.05, 3.63) is 57.9 Å². The highest BCUT2D eigenvalue weighted by Gasteiger charge is 2.10. The Hall–Kier alpha value is -2.93. The molecule has 26 heavy (non-hydrogen) atoms. The minimum atomic E-state index is -0.223. The van der Waals surface area contributed by atoms with Crippen molar-refractivity contribution in [2.75, 3.05) is 7.11 Å². The molecule has 0 atom stereocenters. The van der Waals surface area contributed by atoms with E-state index in [2.05, 4.69) is 34.6 Å². The molecule has 3 rings (SSSR count). The molecule has 2 aromatic heterocycles. The summed E-state index contributed by atoms with van der Waals surface area (Å²) in [6.45, 7) is 4.20. The second-order valence-corrected chi connectivity index (χ2v) is 6.96. The van der Waals surface area contributed by atoms with E-state index in [1.54, 1.807) is 30.9 Å². The second-order valence-electron chi connectivity index (χ2n) is 6.02.